The standard InChI is InChI=1S/C16H14O3/c1-9-10(2)16-12-5-3-4-6-13(12)19-14(16)7-11(9)8-15(17)18/h3-7H,8H2,1-2H3,(H,17,18). The monoisotopic (exact) mass is 254 g/mol. The highest BCUT2D eigenvalue weighted by molar-refractivity contribution is 6.07. The molecule has 0 bridgehead atoms. The van der Waals surface area contributed by atoms with Crippen molar-refractivity contribution in [3.05, 3.63) is 47.0 Å². The van der Waals surface area contributed by atoms with Crippen molar-refractivity contribution in [3.8, 4) is 0 Å². The topological polar surface area (TPSA) is 50.4 Å². The molecule has 3 heteroatoms. The summed E-state index contributed by atoms with van der Waals surface area (Å²) < 4.78 is 5.82. The summed E-state index contributed by atoms with van der Waals surface area (Å²) in [7, 11) is 0. The molecule has 1 heterocycles. The summed E-state index contributed by atoms with van der Waals surface area (Å²) in [5, 5.41) is 11.1. The Morgan fingerprint density at radius 3 is 2.63 bits per heavy atom. The van der Waals surface area contributed by atoms with Gasteiger partial charge >= 0.3 is 5.97 Å². The first kappa shape index (κ1) is 11.8. The molecular weight excluding hydrogens is 240 g/mol. The minimum atomic E-state index is -0.821. The number of rotatable bonds is 2. The van der Waals surface area contributed by atoms with Gasteiger partial charge in [-0.3, -0.25) is 4.79 Å². The second-order valence-electron chi connectivity index (χ2n) is 4.83. The first-order valence-corrected chi connectivity index (χ1v) is 6.20. The minimum Gasteiger partial charge on any atom is -0.481 e. The molecule has 2 aromatic carbocycles. The molecule has 0 radical (unpaired) electrons. The Balaban J connectivity index is 2.38. The van der Waals surface area contributed by atoms with Gasteiger partial charge in [-0.05, 0) is 42.7 Å². The zero-order valence-electron chi connectivity index (χ0n) is 10.9. The Labute approximate surface area is 110 Å². The van der Waals surface area contributed by atoms with E-state index in [0.29, 0.717) is 0 Å². The van der Waals surface area contributed by atoms with E-state index in [-0.39, 0.29) is 6.42 Å². The average Bonchev–Trinajstić information content (AvgIpc) is 2.73. The van der Waals surface area contributed by atoms with Gasteiger partial charge in [0.1, 0.15) is 11.2 Å². The maximum Gasteiger partial charge on any atom is 0.307 e. The van der Waals surface area contributed by atoms with E-state index >= 15 is 0 Å². The highest BCUT2D eigenvalue weighted by Gasteiger charge is 2.15. The summed E-state index contributed by atoms with van der Waals surface area (Å²) in [6.07, 6.45) is 0.0274. The molecule has 0 unspecified atom stereocenters. The Morgan fingerprint density at radius 2 is 1.89 bits per heavy atom. The summed E-state index contributed by atoms with van der Waals surface area (Å²) in [5.74, 6) is -0.821. The first-order valence-electron chi connectivity index (χ1n) is 6.20. The zero-order valence-corrected chi connectivity index (χ0v) is 10.9. The molecule has 0 aliphatic rings. The van der Waals surface area contributed by atoms with Crippen LogP contribution in [0.5, 0.6) is 0 Å². The molecule has 0 aliphatic heterocycles. The van der Waals surface area contributed by atoms with Crippen molar-refractivity contribution in [3.63, 3.8) is 0 Å². The van der Waals surface area contributed by atoms with Crippen LogP contribution in [-0.2, 0) is 11.2 Å². The van der Waals surface area contributed by atoms with E-state index in [9.17, 15) is 4.79 Å². The van der Waals surface area contributed by atoms with Crippen LogP contribution in [-0.4, -0.2) is 11.1 Å². The van der Waals surface area contributed by atoms with Gasteiger partial charge in [-0.2, -0.15) is 0 Å². The van der Waals surface area contributed by atoms with Crippen LogP contribution >= 0.6 is 0 Å². The van der Waals surface area contributed by atoms with Crippen molar-refractivity contribution in [2.75, 3.05) is 0 Å². The van der Waals surface area contributed by atoms with Crippen molar-refractivity contribution in [1.82, 2.24) is 0 Å². The lowest BCUT2D eigenvalue weighted by Crippen LogP contribution is -2.03. The maximum atomic E-state index is 10.9. The molecule has 96 valence electrons. The van der Waals surface area contributed by atoms with E-state index in [2.05, 4.69) is 0 Å². The van der Waals surface area contributed by atoms with Gasteiger partial charge in [-0.25, -0.2) is 0 Å². The van der Waals surface area contributed by atoms with Gasteiger partial charge in [0.05, 0.1) is 6.42 Å². The van der Waals surface area contributed by atoms with E-state index in [1.807, 2.05) is 44.2 Å². The molecule has 1 N–H and O–H groups in total. The summed E-state index contributed by atoms with van der Waals surface area (Å²) in [5.41, 5.74) is 4.55. The lowest BCUT2D eigenvalue weighted by atomic mass is 9.96. The smallest absolute Gasteiger partial charge is 0.307 e. The van der Waals surface area contributed by atoms with E-state index in [0.717, 1.165) is 38.6 Å². The van der Waals surface area contributed by atoms with Crippen LogP contribution in [0.4, 0.5) is 0 Å². The molecule has 0 saturated heterocycles. The lowest BCUT2D eigenvalue weighted by molar-refractivity contribution is -0.136. The number of furan rings is 1. The molecule has 0 spiro atoms. The summed E-state index contributed by atoms with van der Waals surface area (Å²) in [4.78, 5) is 10.9. The molecule has 3 nitrogen and oxygen atoms in total. The molecule has 0 aliphatic carbocycles. The lowest BCUT2D eigenvalue weighted by Gasteiger charge is -2.07. The van der Waals surface area contributed by atoms with Gasteiger partial charge in [0.2, 0.25) is 0 Å². The molecular formula is C16H14O3. The fourth-order valence-corrected chi connectivity index (χ4v) is 2.59. The predicted octanol–water partition coefficient (Wildman–Crippen LogP) is 3.83. The Kier molecular flexibility index (Phi) is 2.56. The highest BCUT2D eigenvalue weighted by atomic mass is 16.4. The molecule has 3 rings (SSSR count). The summed E-state index contributed by atoms with van der Waals surface area (Å²) in [6, 6.07) is 9.74. The first-order chi connectivity index (χ1) is 9.08. The summed E-state index contributed by atoms with van der Waals surface area (Å²) in [6.45, 7) is 3.99. The van der Waals surface area contributed by atoms with Crippen LogP contribution in [0.3, 0.4) is 0 Å². The number of aliphatic carboxylic acids is 1. The zero-order chi connectivity index (χ0) is 13.6. The maximum absolute atomic E-state index is 10.9. The normalized spacial score (nSPS) is 11.3. The number of para-hydroxylation sites is 1. The Hall–Kier alpha value is -2.29. The van der Waals surface area contributed by atoms with Crippen LogP contribution < -0.4 is 0 Å². The molecule has 0 amide bonds. The van der Waals surface area contributed by atoms with E-state index in [4.69, 9.17) is 9.52 Å². The van der Waals surface area contributed by atoms with Gasteiger partial charge in [0, 0.05) is 10.8 Å². The van der Waals surface area contributed by atoms with Gasteiger partial charge in [-0.1, -0.05) is 18.2 Å². The Morgan fingerprint density at radius 1 is 1.16 bits per heavy atom. The molecule has 0 saturated carbocycles. The number of fused-ring (bicyclic) bond motifs is 3. The number of carboxylic acids is 1. The van der Waals surface area contributed by atoms with Crippen LogP contribution in [0.15, 0.2) is 34.7 Å². The van der Waals surface area contributed by atoms with Gasteiger partial charge in [-0.15, -0.1) is 0 Å². The fraction of sp³-hybridized carbons (Fsp3) is 0.188. The van der Waals surface area contributed by atoms with E-state index < -0.39 is 5.97 Å². The minimum absolute atomic E-state index is 0.0274. The predicted molar refractivity (Wildman–Crippen MR) is 74.5 cm³/mol. The number of hydrogen-bond acceptors (Lipinski definition) is 2. The quantitative estimate of drug-likeness (QED) is 0.756. The van der Waals surface area contributed by atoms with Gasteiger partial charge < -0.3 is 9.52 Å². The number of hydrogen-bond donors (Lipinski definition) is 1. The van der Waals surface area contributed by atoms with Crippen LogP contribution in [0.1, 0.15) is 16.7 Å². The van der Waals surface area contributed by atoms with Crippen molar-refractivity contribution < 1.29 is 14.3 Å². The molecule has 3 aromatic rings. The molecule has 0 atom stereocenters. The third-order valence-corrected chi connectivity index (χ3v) is 3.69. The van der Waals surface area contributed by atoms with Crippen molar-refractivity contribution >= 4 is 27.9 Å². The molecule has 0 fully saturated rings. The third kappa shape index (κ3) is 1.78. The molecule has 1 aromatic heterocycles. The highest BCUT2D eigenvalue weighted by Crippen LogP contribution is 2.34. The van der Waals surface area contributed by atoms with Gasteiger partial charge in [0.15, 0.2) is 0 Å². The SMILES string of the molecule is Cc1c(CC(=O)O)cc2oc3ccccc3c2c1C. The Bertz CT molecular complexity index is 796. The second kappa shape index (κ2) is 4.12. The van der Waals surface area contributed by atoms with Crippen molar-refractivity contribution in [1.29, 1.82) is 0 Å². The average molecular weight is 254 g/mol. The summed E-state index contributed by atoms with van der Waals surface area (Å²) >= 11 is 0. The number of carbonyl (C=O) groups is 1. The van der Waals surface area contributed by atoms with Crippen LogP contribution in [0.25, 0.3) is 21.9 Å². The third-order valence-electron chi connectivity index (χ3n) is 3.69. The number of carboxylic acid groups (broad SMARTS) is 1. The van der Waals surface area contributed by atoms with Crippen LogP contribution in [0, 0.1) is 13.8 Å². The largest absolute Gasteiger partial charge is 0.481 e. The fourth-order valence-electron chi connectivity index (χ4n) is 2.59. The van der Waals surface area contributed by atoms with Crippen LogP contribution in [0.2, 0.25) is 0 Å². The van der Waals surface area contributed by atoms with Crippen molar-refractivity contribution in [2.24, 2.45) is 0 Å². The number of aryl methyl sites for hydroxylation is 1. The number of benzene rings is 2. The van der Waals surface area contributed by atoms with E-state index in [1.165, 1.54) is 0 Å². The molecule has 19 heavy (non-hydrogen) atoms. The second-order valence-corrected chi connectivity index (χ2v) is 4.83. The van der Waals surface area contributed by atoms with E-state index in [1.54, 1.807) is 0 Å². The van der Waals surface area contributed by atoms with Crippen molar-refractivity contribution in [2.45, 2.75) is 20.3 Å². The van der Waals surface area contributed by atoms with Gasteiger partial charge in [0.25, 0.3) is 0 Å².